The summed E-state index contributed by atoms with van der Waals surface area (Å²) in [5.41, 5.74) is 1.37. The number of aryl methyl sites for hydroxylation is 1. The first-order valence-corrected chi connectivity index (χ1v) is 12.3. The molecule has 0 aliphatic carbocycles. The Morgan fingerprint density at radius 1 is 0.971 bits per heavy atom. The molecular formula is C27H42O7. The van der Waals surface area contributed by atoms with Gasteiger partial charge in [-0.3, -0.25) is 9.59 Å². The molecule has 34 heavy (non-hydrogen) atoms. The van der Waals surface area contributed by atoms with Gasteiger partial charge in [0.05, 0.1) is 12.7 Å². The fraction of sp³-hybridized carbons (Fsp3) is 0.704. The molecule has 192 valence electrons. The lowest BCUT2D eigenvalue weighted by atomic mass is 9.89. The Kier molecular flexibility index (Phi) is 10.8. The van der Waals surface area contributed by atoms with Crippen molar-refractivity contribution >= 4 is 11.9 Å². The molecule has 0 aromatic heterocycles. The number of hydrogen-bond donors (Lipinski definition) is 0. The smallest absolute Gasteiger partial charge is 0.303 e. The van der Waals surface area contributed by atoms with E-state index in [-0.39, 0.29) is 17.4 Å². The minimum atomic E-state index is -0.792. The van der Waals surface area contributed by atoms with E-state index in [1.165, 1.54) is 19.4 Å². The molecule has 7 heteroatoms. The van der Waals surface area contributed by atoms with E-state index >= 15 is 0 Å². The van der Waals surface area contributed by atoms with Crippen LogP contribution in [0.3, 0.4) is 0 Å². The lowest BCUT2D eigenvalue weighted by Crippen LogP contribution is -2.57. The highest BCUT2D eigenvalue weighted by Gasteiger charge is 2.47. The van der Waals surface area contributed by atoms with Gasteiger partial charge in [-0.05, 0) is 48.8 Å². The zero-order chi connectivity index (χ0) is 25.3. The minimum Gasteiger partial charge on any atom is -0.493 e. The molecule has 0 bridgehead atoms. The standard InChI is InChI=1S/C27H42O7/c1-8-23-18(2)24(32-19(3)28)25(33-20(4)29)26(34-23)30-16-10-9-11-21-12-14-22(15-13-21)31-17-27(5,6)7/h12-15,18,23-26H,8-11,16-17H2,1-7H3. The average Bonchev–Trinajstić information content (AvgIpc) is 2.75. The van der Waals surface area contributed by atoms with Gasteiger partial charge in [0.1, 0.15) is 11.9 Å². The highest BCUT2D eigenvalue weighted by atomic mass is 16.7. The van der Waals surface area contributed by atoms with E-state index in [1.54, 1.807) is 0 Å². The Morgan fingerprint density at radius 3 is 2.15 bits per heavy atom. The highest BCUT2D eigenvalue weighted by molar-refractivity contribution is 5.67. The van der Waals surface area contributed by atoms with Gasteiger partial charge in [0, 0.05) is 26.4 Å². The van der Waals surface area contributed by atoms with Gasteiger partial charge in [0.15, 0.2) is 12.4 Å². The summed E-state index contributed by atoms with van der Waals surface area (Å²) >= 11 is 0. The summed E-state index contributed by atoms with van der Waals surface area (Å²) < 4.78 is 28.9. The number of rotatable bonds is 11. The van der Waals surface area contributed by atoms with E-state index in [9.17, 15) is 9.59 Å². The third-order valence-electron chi connectivity index (χ3n) is 5.75. The lowest BCUT2D eigenvalue weighted by Gasteiger charge is -2.43. The van der Waals surface area contributed by atoms with Gasteiger partial charge in [-0.25, -0.2) is 0 Å². The van der Waals surface area contributed by atoms with Crippen LogP contribution in [0.25, 0.3) is 0 Å². The Labute approximate surface area is 204 Å². The average molecular weight is 479 g/mol. The summed E-state index contributed by atoms with van der Waals surface area (Å²) in [7, 11) is 0. The normalized spacial score (nSPS) is 25.0. The SMILES string of the molecule is CCC1OC(OCCCCc2ccc(OCC(C)(C)C)cc2)C(OC(C)=O)C(OC(C)=O)C1C. The van der Waals surface area contributed by atoms with Crippen LogP contribution in [0.15, 0.2) is 24.3 Å². The molecule has 0 amide bonds. The van der Waals surface area contributed by atoms with Crippen molar-refractivity contribution in [1.29, 1.82) is 0 Å². The molecule has 1 saturated heterocycles. The molecule has 0 radical (unpaired) electrons. The fourth-order valence-corrected chi connectivity index (χ4v) is 4.00. The van der Waals surface area contributed by atoms with E-state index < -0.39 is 30.4 Å². The molecule has 5 unspecified atom stereocenters. The van der Waals surface area contributed by atoms with E-state index in [2.05, 4.69) is 32.9 Å². The summed E-state index contributed by atoms with van der Waals surface area (Å²) in [6.45, 7) is 14.2. The molecule has 0 saturated carbocycles. The number of carbonyl (C=O) groups is 2. The van der Waals surface area contributed by atoms with Crippen molar-refractivity contribution in [3.8, 4) is 5.75 Å². The minimum absolute atomic E-state index is 0.117. The largest absolute Gasteiger partial charge is 0.493 e. The van der Waals surface area contributed by atoms with Crippen LogP contribution in [0, 0.1) is 11.3 Å². The number of unbranched alkanes of at least 4 members (excludes halogenated alkanes) is 1. The second-order valence-electron chi connectivity index (χ2n) is 10.3. The Balaban J connectivity index is 1.86. The molecular weight excluding hydrogens is 436 g/mol. The number of carbonyl (C=O) groups excluding carboxylic acids is 2. The second kappa shape index (κ2) is 13.1. The number of esters is 2. The van der Waals surface area contributed by atoms with Crippen LogP contribution in [0.5, 0.6) is 5.75 Å². The van der Waals surface area contributed by atoms with Gasteiger partial charge in [0.25, 0.3) is 0 Å². The van der Waals surface area contributed by atoms with Crippen LogP contribution in [-0.4, -0.2) is 49.8 Å². The van der Waals surface area contributed by atoms with Crippen molar-refractivity contribution in [2.24, 2.45) is 11.3 Å². The Morgan fingerprint density at radius 2 is 1.59 bits per heavy atom. The third-order valence-corrected chi connectivity index (χ3v) is 5.75. The fourth-order valence-electron chi connectivity index (χ4n) is 4.00. The molecule has 0 N–H and O–H groups in total. The first-order valence-electron chi connectivity index (χ1n) is 12.3. The van der Waals surface area contributed by atoms with Crippen LogP contribution in [0.1, 0.15) is 73.3 Å². The third kappa shape index (κ3) is 9.26. The van der Waals surface area contributed by atoms with Crippen LogP contribution in [0.2, 0.25) is 0 Å². The summed E-state index contributed by atoms with van der Waals surface area (Å²) in [6, 6.07) is 8.21. The Hall–Kier alpha value is -2.12. The van der Waals surface area contributed by atoms with Gasteiger partial charge in [-0.1, -0.05) is 46.8 Å². The van der Waals surface area contributed by atoms with Gasteiger partial charge >= 0.3 is 11.9 Å². The van der Waals surface area contributed by atoms with Crippen molar-refractivity contribution in [2.75, 3.05) is 13.2 Å². The maximum absolute atomic E-state index is 11.7. The quantitative estimate of drug-likeness (QED) is 0.324. The zero-order valence-corrected chi connectivity index (χ0v) is 21.8. The van der Waals surface area contributed by atoms with Crippen LogP contribution in [0.4, 0.5) is 0 Å². The molecule has 1 aromatic carbocycles. The van der Waals surface area contributed by atoms with Crippen molar-refractivity contribution in [3.05, 3.63) is 29.8 Å². The van der Waals surface area contributed by atoms with E-state index in [0.29, 0.717) is 13.2 Å². The molecule has 1 aliphatic heterocycles. The van der Waals surface area contributed by atoms with Crippen molar-refractivity contribution in [3.63, 3.8) is 0 Å². The highest BCUT2D eigenvalue weighted by Crippen LogP contribution is 2.32. The Bertz CT molecular complexity index is 768. The van der Waals surface area contributed by atoms with Gasteiger partial charge in [0.2, 0.25) is 0 Å². The first kappa shape index (κ1) is 28.1. The molecule has 7 nitrogen and oxygen atoms in total. The maximum atomic E-state index is 11.7. The molecule has 5 atom stereocenters. The molecule has 1 aromatic rings. The molecule has 1 heterocycles. The summed E-state index contributed by atoms with van der Waals surface area (Å²) in [6.07, 6.45) is 1.10. The first-order chi connectivity index (χ1) is 16.0. The van der Waals surface area contributed by atoms with E-state index in [1.807, 2.05) is 26.0 Å². The summed E-state index contributed by atoms with van der Waals surface area (Å²) in [5.74, 6) is -0.112. The maximum Gasteiger partial charge on any atom is 0.303 e. The van der Waals surface area contributed by atoms with Gasteiger partial charge in [-0.2, -0.15) is 0 Å². The number of hydrogen-bond acceptors (Lipinski definition) is 7. The zero-order valence-electron chi connectivity index (χ0n) is 21.8. The molecule has 0 spiro atoms. The predicted molar refractivity (Wildman–Crippen MR) is 130 cm³/mol. The van der Waals surface area contributed by atoms with E-state index in [0.717, 1.165) is 31.4 Å². The molecule has 1 fully saturated rings. The number of benzene rings is 1. The monoisotopic (exact) mass is 478 g/mol. The summed E-state index contributed by atoms with van der Waals surface area (Å²) in [4.78, 5) is 23.4. The van der Waals surface area contributed by atoms with Gasteiger partial charge in [-0.15, -0.1) is 0 Å². The van der Waals surface area contributed by atoms with Crippen molar-refractivity contribution in [1.82, 2.24) is 0 Å². The summed E-state index contributed by atoms with van der Waals surface area (Å²) in [5, 5.41) is 0. The lowest BCUT2D eigenvalue weighted by molar-refractivity contribution is -0.290. The van der Waals surface area contributed by atoms with Crippen LogP contribution < -0.4 is 4.74 Å². The predicted octanol–water partition coefficient (Wildman–Crippen LogP) is 5.09. The topological polar surface area (TPSA) is 80.3 Å². The van der Waals surface area contributed by atoms with Crippen molar-refractivity contribution < 1.29 is 33.3 Å². The van der Waals surface area contributed by atoms with Crippen molar-refractivity contribution in [2.45, 2.75) is 98.8 Å². The van der Waals surface area contributed by atoms with Gasteiger partial charge < -0.3 is 23.7 Å². The van der Waals surface area contributed by atoms with Crippen LogP contribution >= 0.6 is 0 Å². The van der Waals surface area contributed by atoms with E-state index in [4.69, 9.17) is 23.7 Å². The second-order valence-corrected chi connectivity index (χ2v) is 10.3. The molecule has 2 rings (SSSR count). The molecule has 1 aliphatic rings. The number of ether oxygens (including phenoxy) is 5. The van der Waals surface area contributed by atoms with Crippen LogP contribution in [-0.2, 0) is 35.0 Å².